The van der Waals surface area contributed by atoms with Crippen molar-refractivity contribution in [1.29, 1.82) is 0 Å². The van der Waals surface area contributed by atoms with Crippen LogP contribution >= 0.6 is 11.6 Å². The second-order valence-corrected chi connectivity index (χ2v) is 5.94. The number of carbonyl (C=O) groups excluding carboxylic acids is 3. The van der Waals surface area contributed by atoms with Crippen molar-refractivity contribution in [2.75, 3.05) is 18.5 Å². The predicted molar refractivity (Wildman–Crippen MR) is 97.1 cm³/mol. The number of benzene rings is 1. The highest BCUT2D eigenvalue weighted by Crippen LogP contribution is 2.17. The first kappa shape index (κ1) is 19.4. The molecule has 0 aliphatic rings. The van der Waals surface area contributed by atoms with E-state index in [0.717, 1.165) is 11.1 Å². The number of halogens is 1. The van der Waals surface area contributed by atoms with Crippen molar-refractivity contribution in [1.82, 2.24) is 10.3 Å². The van der Waals surface area contributed by atoms with Gasteiger partial charge in [0.05, 0.1) is 6.54 Å². The van der Waals surface area contributed by atoms with Gasteiger partial charge in [-0.25, -0.2) is 9.78 Å². The van der Waals surface area contributed by atoms with Gasteiger partial charge in [-0.1, -0.05) is 23.7 Å². The Morgan fingerprint density at radius 1 is 1.15 bits per heavy atom. The fourth-order valence-corrected chi connectivity index (χ4v) is 2.19. The van der Waals surface area contributed by atoms with E-state index >= 15 is 0 Å². The standard InChI is InChI=1S/C18H18ClN3O4/c1-11-4-3-5-14(12(11)2)22-16(23)9-21-17(24)10-26-18(25)15-8-13(19)6-7-20-15/h3-8H,9-10H2,1-2H3,(H,21,24)(H,22,23). The fraction of sp³-hybridized carbons (Fsp3) is 0.222. The van der Waals surface area contributed by atoms with Gasteiger partial charge in [0.25, 0.3) is 5.91 Å². The summed E-state index contributed by atoms with van der Waals surface area (Å²) in [5.74, 6) is -1.76. The third-order valence-electron chi connectivity index (χ3n) is 3.59. The first-order valence-corrected chi connectivity index (χ1v) is 8.16. The van der Waals surface area contributed by atoms with Gasteiger partial charge in [-0.2, -0.15) is 0 Å². The zero-order valence-electron chi connectivity index (χ0n) is 14.3. The monoisotopic (exact) mass is 375 g/mol. The van der Waals surface area contributed by atoms with Gasteiger partial charge >= 0.3 is 5.97 Å². The molecule has 0 bridgehead atoms. The molecule has 0 aliphatic heterocycles. The zero-order valence-corrected chi connectivity index (χ0v) is 15.1. The summed E-state index contributed by atoms with van der Waals surface area (Å²) in [5, 5.41) is 5.43. The summed E-state index contributed by atoms with van der Waals surface area (Å²) in [4.78, 5) is 39.2. The normalized spacial score (nSPS) is 10.1. The Kier molecular flexibility index (Phi) is 6.68. The maximum absolute atomic E-state index is 11.9. The van der Waals surface area contributed by atoms with E-state index in [4.69, 9.17) is 16.3 Å². The minimum atomic E-state index is -0.775. The molecule has 2 aromatic rings. The Labute approximate surface area is 155 Å². The lowest BCUT2D eigenvalue weighted by molar-refractivity contribution is -0.126. The van der Waals surface area contributed by atoms with Crippen molar-refractivity contribution in [3.63, 3.8) is 0 Å². The molecule has 0 aliphatic carbocycles. The van der Waals surface area contributed by atoms with Gasteiger partial charge in [-0.3, -0.25) is 9.59 Å². The molecule has 0 spiro atoms. The maximum Gasteiger partial charge on any atom is 0.357 e. The number of rotatable bonds is 6. The average Bonchev–Trinajstić information content (AvgIpc) is 2.61. The molecule has 7 nitrogen and oxygen atoms in total. The second-order valence-electron chi connectivity index (χ2n) is 5.51. The van der Waals surface area contributed by atoms with Crippen molar-refractivity contribution >= 4 is 35.1 Å². The smallest absolute Gasteiger partial charge is 0.357 e. The quantitative estimate of drug-likeness (QED) is 0.755. The largest absolute Gasteiger partial charge is 0.451 e. The topological polar surface area (TPSA) is 97.4 Å². The van der Waals surface area contributed by atoms with Gasteiger partial charge in [-0.15, -0.1) is 0 Å². The Bertz CT molecular complexity index is 839. The van der Waals surface area contributed by atoms with Crippen LogP contribution in [0.2, 0.25) is 5.02 Å². The van der Waals surface area contributed by atoms with Crippen LogP contribution in [0.4, 0.5) is 5.69 Å². The van der Waals surface area contributed by atoms with Crippen molar-refractivity contribution in [3.8, 4) is 0 Å². The van der Waals surface area contributed by atoms with Crippen LogP contribution in [-0.4, -0.2) is 35.9 Å². The van der Waals surface area contributed by atoms with Gasteiger partial charge in [0.15, 0.2) is 6.61 Å². The molecule has 0 atom stereocenters. The van der Waals surface area contributed by atoms with Gasteiger partial charge in [0.1, 0.15) is 5.69 Å². The summed E-state index contributed by atoms with van der Waals surface area (Å²) >= 11 is 5.75. The summed E-state index contributed by atoms with van der Waals surface area (Å²) in [6.45, 7) is 3.08. The molecule has 0 unspecified atom stereocenters. The molecule has 0 radical (unpaired) electrons. The number of pyridine rings is 1. The maximum atomic E-state index is 11.9. The number of nitrogens with zero attached hydrogens (tertiary/aromatic N) is 1. The highest BCUT2D eigenvalue weighted by molar-refractivity contribution is 6.30. The van der Waals surface area contributed by atoms with Gasteiger partial charge in [0, 0.05) is 16.9 Å². The van der Waals surface area contributed by atoms with Crippen molar-refractivity contribution < 1.29 is 19.1 Å². The number of aryl methyl sites for hydroxylation is 1. The number of anilines is 1. The molecule has 136 valence electrons. The average molecular weight is 376 g/mol. The molecule has 1 aromatic heterocycles. The van der Waals surface area contributed by atoms with Crippen molar-refractivity contribution in [3.05, 3.63) is 58.4 Å². The van der Waals surface area contributed by atoms with Crippen LogP contribution in [0.5, 0.6) is 0 Å². The molecule has 1 heterocycles. The number of aromatic nitrogens is 1. The molecular formula is C18H18ClN3O4. The highest BCUT2D eigenvalue weighted by atomic mass is 35.5. The van der Waals surface area contributed by atoms with E-state index < -0.39 is 18.5 Å². The predicted octanol–water partition coefficient (Wildman–Crippen LogP) is 2.26. The molecule has 2 amide bonds. The Balaban J connectivity index is 1.77. The van der Waals surface area contributed by atoms with E-state index in [1.165, 1.54) is 18.3 Å². The first-order chi connectivity index (χ1) is 12.4. The summed E-state index contributed by atoms with van der Waals surface area (Å²) in [5.41, 5.74) is 2.68. The van der Waals surface area contributed by atoms with Crippen LogP contribution in [0.1, 0.15) is 21.6 Å². The first-order valence-electron chi connectivity index (χ1n) is 7.78. The Morgan fingerprint density at radius 2 is 1.92 bits per heavy atom. The van der Waals surface area contributed by atoms with Crippen LogP contribution in [0.3, 0.4) is 0 Å². The van der Waals surface area contributed by atoms with Crippen LogP contribution in [0.15, 0.2) is 36.5 Å². The lowest BCUT2D eigenvalue weighted by Gasteiger charge is -2.11. The number of ether oxygens (including phenoxy) is 1. The van der Waals surface area contributed by atoms with E-state index in [9.17, 15) is 14.4 Å². The minimum Gasteiger partial charge on any atom is -0.451 e. The van der Waals surface area contributed by atoms with Crippen LogP contribution in [-0.2, 0) is 14.3 Å². The Morgan fingerprint density at radius 3 is 2.65 bits per heavy atom. The number of hydrogen-bond acceptors (Lipinski definition) is 5. The summed E-state index contributed by atoms with van der Waals surface area (Å²) in [6, 6.07) is 8.40. The third-order valence-corrected chi connectivity index (χ3v) is 3.83. The molecule has 2 N–H and O–H groups in total. The molecule has 0 saturated heterocycles. The molecule has 1 aromatic carbocycles. The number of esters is 1. The summed E-state index contributed by atoms with van der Waals surface area (Å²) < 4.78 is 4.83. The molecule has 0 fully saturated rings. The van der Waals surface area contributed by atoms with E-state index in [-0.39, 0.29) is 18.1 Å². The summed E-state index contributed by atoms with van der Waals surface area (Å²) in [7, 11) is 0. The molecular weight excluding hydrogens is 358 g/mol. The van der Waals surface area contributed by atoms with E-state index in [2.05, 4.69) is 15.6 Å². The molecule has 0 saturated carbocycles. The number of nitrogens with one attached hydrogen (secondary N) is 2. The van der Waals surface area contributed by atoms with E-state index in [1.807, 2.05) is 26.0 Å². The SMILES string of the molecule is Cc1cccc(NC(=O)CNC(=O)COC(=O)c2cc(Cl)ccn2)c1C. The second kappa shape index (κ2) is 8.96. The third kappa shape index (κ3) is 5.56. The lowest BCUT2D eigenvalue weighted by atomic mass is 10.1. The Hall–Kier alpha value is -2.93. The lowest BCUT2D eigenvalue weighted by Crippen LogP contribution is -2.35. The molecule has 26 heavy (non-hydrogen) atoms. The zero-order chi connectivity index (χ0) is 19.1. The van der Waals surface area contributed by atoms with Crippen LogP contribution < -0.4 is 10.6 Å². The summed E-state index contributed by atoms with van der Waals surface area (Å²) in [6.07, 6.45) is 1.36. The number of amides is 2. The number of carbonyl (C=O) groups is 3. The van der Waals surface area contributed by atoms with E-state index in [1.54, 1.807) is 6.07 Å². The fourth-order valence-electron chi connectivity index (χ4n) is 2.03. The number of hydrogen-bond donors (Lipinski definition) is 2. The van der Waals surface area contributed by atoms with Crippen LogP contribution in [0.25, 0.3) is 0 Å². The highest BCUT2D eigenvalue weighted by Gasteiger charge is 2.13. The molecule has 2 rings (SSSR count). The van der Waals surface area contributed by atoms with E-state index in [0.29, 0.717) is 10.7 Å². The van der Waals surface area contributed by atoms with Gasteiger partial charge in [0.2, 0.25) is 5.91 Å². The minimum absolute atomic E-state index is 0.00188. The van der Waals surface area contributed by atoms with Crippen molar-refractivity contribution in [2.24, 2.45) is 0 Å². The van der Waals surface area contributed by atoms with Gasteiger partial charge in [-0.05, 0) is 43.2 Å². The van der Waals surface area contributed by atoms with Gasteiger partial charge < -0.3 is 15.4 Å². The van der Waals surface area contributed by atoms with Crippen LogP contribution in [0, 0.1) is 13.8 Å². The van der Waals surface area contributed by atoms with Crippen molar-refractivity contribution in [2.45, 2.75) is 13.8 Å². The molecule has 8 heteroatoms.